The number of hydrogen-bond acceptors (Lipinski definition) is 5. The van der Waals surface area contributed by atoms with E-state index in [1.807, 2.05) is 0 Å². The van der Waals surface area contributed by atoms with E-state index in [0.29, 0.717) is 33.0 Å². The lowest BCUT2D eigenvalue weighted by molar-refractivity contribution is 0.00344. The Balaban J connectivity index is 3.11. The molecule has 0 aromatic carbocycles. The summed E-state index contributed by atoms with van der Waals surface area (Å²) in [4.78, 5) is 0. The molecule has 122 valence electrons. The molecule has 0 aliphatic carbocycles. The summed E-state index contributed by atoms with van der Waals surface area (Å²) in [7, 11) is 0. The van der Waals surface area contributed by atoms with Crippen molar-refractivity contribution in [2.24, 2.45) is 0 Å². The van der Waals surface area contributed by atoms with Gasteiger partial charge in [0.15, 0.2) is 0 Å². The Hall–Kier alpha value is -0.200. The molecule has 0 bridgehead atoms. The van der Waals surface area contributed by atoms with E-state index in [0.717, 1.165) is 45.4 Å². The number of aliphatic hydroxyl groups is 1. The number of ether oxygens (including phenoxy) is 3. The van der Waals surface area contributed by atoms with Crippen LogP contribution in [0.4, 0.5) is 0 Å². The van der Waals surface area contributed by atoms with Gasteiger partial charge in [0, 0.05) is 26.3 Å². The minimum Gasteiger partial charge on any atom is -0.389 e. The molecular weight excluding hydrogens is 258 g/mol. The van der Waals surface area contributed by atoms with E-state index in [4.69, 9.17) is 14.2 Å². The molecule has 1 unspecified atom stereocenters. The minimum atomic E-state index is -0.471. The Morgan fingerprint density at radius 2 is 1.45 bits per heavy atom. The first-order valence-electron chi connectivity index (χ1n) is 7.93. The van der Waals surface area contributed by atoms with Gasteiger partial charge >= 0.3 is 0 Å². The van der Waals surface area contributed by atoms with Gasteiger partial charge in [-0.05, 0) is 12.8 Å². The molecule has 0 rings (SSSR count). The molecule has 0 radical (unpaired) electrons. The summed E-state index contributed by atoms with van der Waals surface area (Å²) in [6.07, 6.45) is 4.03. The molecule has 0 saturated heterocycles. The van der Waals surface area contributed by atoms with E-state index in [1.165, 1.54) is 0 Å². The van der Waals surface area contributed by atoms with Gasteiger partial charge in [0.05, 0.1) is 32.5 Å². The van der Waals surface area contributed by atoms with Crippen molar-refractivity contribution in [3.63, 3.8) is 0 Å². The van der Waals surface area contributed by atoms with Crippen LogP contribution in [0.3, 0.4) is 0 Å². The average molecular weight is 291 g/mol. The van der Waals surface area contributed by atoms with E-state index in [9.17, 15) is 5.11 Å². The first-order valence-corrected chi connectivity index (χ1v) is 7.93. The molecule has 0 aliphatic rings. The molecule has 0 aliphatic heterocycles. The van der Waals surface area contributed by atoms with Crippen LogP contribution in [-0.4, -0.2) is 63.9 Å². The van der Waals surface area contributed by atoms with E-state index in [2.05, 4.69) is 19.2 Å². The summed E-state index contributed by atoms with van der Waals surface area (Å²) in [5, 5.41) is 12.8. The SMILES string of the molecule is CCCCOCCNCC(O)COCCOCCCC. The Kier molecular flexibility index (Phi) is 16.7. The summed E-state index contributed by atoms with van der Waals surface area (Å²) in [6, 6.07) is 0. The van der Waals surface area contributed by atoms with Crippen LogP contribution in [0.1, 0.15) is 39.5 Å². The molecule has 5 nitrogen and oxygen atoms in total. The molecule has 0 heterocycles. The normalized spacial score (nSPS) is 12.8. The quantitative estimate of drug-likeness (QED) is 0.423. The largest absolute Gasteiger partial charge is 0.389 e. The summed E-state index contributed by atoms with van der Waals surface area (Å²) in [5.74, 6) is 0. The summed E-state index contributed by atoms with van der Waals surface area (Å²) in [5.41, 5.74) is 0. The molecule has 2 N–H and O–H groups in total. The smallest absolute Gasteiger partial charge is 0.0897 e. The highest BCUT2D eigenvalue weighted by Crippen LogP contribution is 1.89. The van der Waals surface area contributed by atoms with Gasteiger partial charge in [-0.2, -0.15) is 0 Å². The molecule has 1 atom stereocenters. The second-order valence-electron chi connectivity index (χ2n) is 4.86. The number of unbranched alkanes of at least 4 members (excludes halogenated alkanes) is 2. The van der Waals surface area contributed by atoms with Gasteiger partial charge in [-0.25, -0.2) is 0 Å². The second-order valence-corrected chi connectivity index (χ2v) is 4.86. The highest BCUT2D eigenvalue weighted by atomic mass is 16.5. The Morgan fingerprint density at radius 1 is 0.850 bits per heavy atom. The molecule has 0 aromatic rings. The van der Waals surface area contributed by atoms with Crippen molar-refractivity contribution in [1.29, 1.82) is 0 Å². The van der Waals surface area contributed by atoms with Crippen molar-refractivity contribution >= 4 is 0 Å². The highest BCUT2D eigenvalue weighted by Gasteiger charge is 2.03. The van der Waals surface area contributed by atoms with Gasteiger partial charge in [-0.1, -0.05) is 26.7 Å². The van der Waals surface area contributed by atoms with Gasteiger partial charge in [0.25, 0.3) is 0 Å². The van der Waals surface area contributed by atoms with Gasteiger partial charge in [-0.15, -0.1) is 0 Å². The molecule has 0 fully saturated rings. The van der Waals surface area contributed by atoms with Gasteiger partial charge in [0.1, 0.15) is 0 Å². The van der Waals surface area contributed by atoms with Gasteiger partial charge < -0.3 is 24.6 Å². The average Bonchev–Trinajstić information content (AvgIpc) is 2.45. The number of rotatable bonds is 16. The van der Waals surface area contributed by atoms with E-state index < -0.39 is 6.10 Å². The van der Waals surface area contributed by atoms with Gasteiger partial charge in [0.2, 0.25) is 0 Å². The lowest BCUT2D eigenvalue weighted by Crippen LogP contribution is -2.32. The van der Waals surface area contributed by atoms with Crippen LogP contribution in [0.5, 0.6) is 0 Å². The fourth-order valence-electron chi connectivity index (χ4n) is 1.51. The van der Waals surface area contributed by atoms with Crippen LogP contribution in [-0.2, 0) is 14.2 Å². The van der Waals surface area contributed by atoms with Crippen molar-refractivity contribution in [1.82, 2.24) is 5.32 Å². The molecule has 0 spiro atoms. The molecule has 0 amide bonds. The third-order valence-electron chi connectivity index (χ3n) is 2.77. The lowest BCUT2D eigenvalue weighted by atomic mass is 10.3. The van der Waals surface area contributed by atoms with Crippen molar-refractivity contribution in [3.05, 3.63) is 0 Å². The highest BCUT2D eigenvalue weighted by molar-refractivity contribution is 4.58. The zero-order chi connectivity index (χ0) is 14.9. The lowest BCUT2D eigenvalue weighted by Gasteiger charge is -2.12. The number of aliphatic hydroxyl groups excluding tert-OH is 1. The molecule has 0 aromatic heterocycles. The standard InChI is InChI=1S/C15H33NO4/c1-3-5-8-18-10-7-16-13-15(17)14-20-12-11-19-9-6-4-2/h15-17H,3-14H2,1-2H3. The third-order valence-corrected chi connectivity index (χ3v) is 2.77. The van der Waals surface area contributed by atoms with Crippen molar-refractivity contribution < 1.29 is 19.3 Å². The van der Waals surface area contributed by atoms with Crippen molar-refractivity contribution in [3.8, 4) is 0 Å². The van der Waals surface area contributed by atoms with Crippen molar-refractivity contribution in [2.75, 3.05) is 52.7 Å². The second kappa shape index (κ2) is 16.9. The Bertz CT molecular complexity index is 163. The van der Waals surface area contributed by atoms with Crippen LogP contribution in [0.15, 0.2) is 0 Å². The van der Waals surface area contributed by atoms with E-state index in [1.54, 1.807) is 0 Å². The predicted molar refractivity (Wildman–Crippen MR) is 81.1 cm³/mol. The van der Waals surface area contributed by atoms with Crippen LogP contribution in [0.25, 0.3) is 0 Å². The monoisotopic (exact) mass is 291 g/mol. The predicted octanol–water partition coefficient (Wildman–Crippen LogP) is 1.59. The van der Waals surface area contributed by atoms with E-state index in [-0.39, 0.29) is 0 Å². The van der Waals surface area contributed by atoms with Gasteiger partial charge in [-0.3, -0.25) is 0 Å². The summed E-state index contributed by atoms with van der Waals surface area (Å²) >= 11 is 0. The molecule has 20 heavy (non-hydrogen) atoms. The molecule has 5 heteroatoms. The first kappa shape index (κ1) is 19.8. The zero-order valence-corrected chi connectivity index (χ0v) is 13.2. The minimum absolute atomic E-state index is 0.348. The molecule has 0 saturated carbocycles. The molecular formula is C15H33NO4. The zero-order valence-electron chi connectivity index (χ0n) is 13.2. The van der Waals surface area contributed by atoms with Crippen LogP contribution < -0.4 is 5.32 Å². The summed E-state index contributed by atoms with van der Waals surface area (Å²) in [6.45, 7) is 9.38. The van der Waals surface area contributed by atoms with Crippen LogP contribution >= 0.6 is 0 Å². The fourth-order valence-corrected chi connectivity index (χ4v) is 1.51. The number of nitrogens with one attached hydrogen (secondary N) is 1. The Morgan fingerprint density at radius 3 is 2.10 bits per heavy atom. The maximum atomic E-state index is 9.66. The summed E-state index contributed by atoms with van der Waals surface area (Å²) < 4.78 is 16.1. The van der Waals surface area contributed by atoms with E-state index >= 15 is 0 Å². The topological polar surface area (TPSA) is 60.0 Å². The Labute approximate surface area is 124 Å². The maximum Gasteiger partial charge on any atom is 0.0897 e. The van der Waals surface area contributed by atoms with Crippen LogP contribution in [0, 0.1) is 0 Å². The maximum absolute atomic E-state index is 9.66. The van der Waals surface area contributed by atoms with Crippen LogP contribution in [0.2, 0.25) is 0 Å². The first-order chi connectivity index (χ1) is 9.81. The van der Waals surface area contributed by atoms with Crippen molar-refractivity contribution in [2.45, 2.75) is 45.6 Å². The third kappa shape index (κ3) is 15.9. The fraction of sp³-hybridized carbons (Fsp3) is 1.00. The number of hydrogen-bond donors (Lipinski definition) is 2.